The fourth-order valence-corrected chi connectivity index (χ4v) is 1.88. The van der Waals surface area contributed by atoms with E-state index in [1.54, 1.807) is 0 Å². The highest BCUT2D eigenvalue weighted by Gasteiger charge is 2.16. The van der Waals surface area contributed by atoms with E-state index < -0.39 is 0 Å². The van der Waals surface area contributed by atoms with Crippen LogP contribution in [0.5, 0.6) is 0 Å². The van der Waals surface area contributed by atoms with Crippen LogP contribution in [0.1, 0.15) is 39.9 Å². The van der Waals surface area contributed by atoms with Crippen LogP contribution in [0.25, 0.3) is 0 Å². The lowest BCUT2D eigenvalue weighted by molar-refractivity contribution is 0.132. The molecule has 1 heterocycles. The first-order chi connectivity index (χ1) is 8.84. The van der Waals surface area contributed by atoms with E-state index in [1.165, 1.54) is 0 Å². The topological polar surface area (TPSA) is 70.1 Å². The van der Waals surface area contributed by atoms with Crippen LogP contribution in [0.4, 0.5) is 11.6 Å². The second-order valence-corrected chi connectivity index (χ2v) is 5.96. The molecule has 3 N–H and O–H groups in total. The number of aryl methyl sites for hydroxylation is 1. The van der Waals surface area contributed by atoms with Crippen molar-refractivity contribution in [2.75, 3.05) is 24.2 Å². The lowest BCUT2D eigenvalue weighted by Gasteiger charge is -2.22. The lowest BCUT2D eigenvalue weighted by Crippen LogP contribution is -2.25. The van der Waals surface area contributed by atoms with E-state index in [0.29, 0.717) is 6.54 Å². The molecule has 19 heavy (non-hydrogen) atoms. The Balaban J connectivity index is 2.62. The van der Waals surface area contributed by atoms with Crippen molar-refractivity contribution >= 4 is 11.6 Å². The summed E-state index contributed by atoms with van der Waals surface area (Å²) in [6.45, 7) is 8.88. The molecule has 5 nitrogen and oxygen atoms in total. The minimum Gasteiger partial charge on any atom is -0.391 e. The minimum atomic E-state index is -0.377. The van der Waals surface area contributed by atoms with Crippen molar-refractivity contribution in [3.63, 3.8) is 0 Å². The summed E-state index contributed by atoms with van der Waals surface area (Å²) in [5, 5.41) is 16.2. The summed E-state index contributed by atoms with van der Waals surface area (Å²) < 4.78 is 0. The fraction of sp³-hybridized carbons (Fsp3) is 0.714. The lowest BCUT2D eigenvalue weighted by atomic mass is 9.89. The average molecular weight is 266 g/mol. The summed E-state index contributed by atoms with van der Waals surface area (Å²) in [4.78, 5) is 8.73. The van der Waals surface area contributed by atoms with Crippen molar-refractivity contribution in [2.24, 2.45) is 5.41 Å². The molecule has 1 rings (SSSR count). The van der Waals surface area contributed by atoms with Gasteiger partial charge in [-0.1, -0.05) is 27.7 Å². The Morgan fingerprint density at radius 1 is 1.26 bits per heavy atom. The van der Waals surface area contributed by atoms with Crippen molar-refractivity contribution in [2.45, 2.75) is 46.6 Å². The van der Waals surface area contributed by atoms with E-state index in [9.17, 15) is 5.11 Å². The van der Waals surface area contributed by atoms with Crippen LogP contribution in [0, 0.1) is 5.41 Å². The molecule has 5 heteroatoms. The van der Waals surface area contributed by atoms with Gasteiger partial charge in [0.15, 0.2) is 0 Å². The number of nitrogens with zero attached hydrogens (tertiary/aromatic N) is 2. The van der Waals surface area contributed by atoms with Crippen LogP contribution in [0.3, 0.4) is 0 Å². The number of hydrogen-bond acceptors (Lipinski definition) is 5. The number of hydrogen-bond donors (Lipinski definition) is 3. The van der Waals surface area contributed by atoms with Crippen molar-refractivity contribution in [3.05, 3.63) is 11.9 Å². The van der Waals surface area contributed by atoms with E-state index in [2.05, 4.69) is 41.4 Å². The SMILES string of the molecule is CCc1nc(NC)cc(NCC(O)CC(C)(C)C)n1. The molecule has 0 aliphatic heterocycles. The quantitative estimate of drug-likeness (QED) is 0.737. The molecule has 1 aromatic rings. The molecule has 0 aromatic carbocycles. The van der Waals surface area contributed by atoms with Crippen LogP contribution >= 0.6 is 0 Å². The second-order valence-electron chi connectivity index (χ2n) is 5.96. The minimum absolute atomic E-state index is 0.123. The number of anilines is 2. The van der Waals surface area contributed by atoms with Gasteiger partial charge in [0.2, 0.25) is 0 Å². The van der Waals surface area contributed by atoms with Crippen molar-refractivity contribution in [1.82, 2.24) is 9.97 Å². The molecule has 108 valence electrons. The van der Waals surface area contributed by atoms with E-state index in [0.717, 1.165) is 30.3 Å². The van der Waals surface area contributed by atoms with Crippen LogP contribution in [0.2, 0.25) is 0 Å². The summed E-state index contributed by atoms with van der Waals surface area (Å²) in [6.07, 6.45) is 1.16. The summed E-state index contributed by atoms with van der Waals surface area (Å²) in [6, 6.07) is 1.85. The highest BCUT2D eigenvalue weighted by atomic mass is 16.3. The molecule has 0 aliphatic carbocycles. The molecule has 0 bridgehead atoms. The van der Waals surface area contributed by atoms with Gasteiger partial charge in [-0.05, 0) is 11.8 Å². The largest absolute Gasteiger partial charge is 0.391 e. The van der Waals surface area contributed by atoms with Gasteiger partial charge in [-0.2, -0.15) is 0 Å². The Kier molecular flexibility index (Phi) is 5.54. The van der Waals surface area contributed by atoms with E-state index >= 15 is 0 Å². The molecule has 1 unspecified atom stereocenters. The number of aliphatic hydroxyl groups is 1. The Morgan fingerprint density at radius 2 is 1.89 bits per heavy atom. The number of nitrogens with one attached hydrogen (secondary N) is 2. The molecule has 1 atom stereocenters. The fourth-order valence-electron chi connectivity index (χ4n) is 1.88. The number of aliphatic hydroxyl groups excluding tert-OH is 1. The van der Waals surface area contributed by atoms with Gasteiger partial charge in [0.1, 0.15) is 17.5 Å². The molecule has 0 fully saturated rings. The zero-order valence-corrected chi connectivity index (χ0v) is 12.6. The van der Waals surface area contributed by atoms with Crippen molar-refractivity contribution in [3.8, 4) is 0 Å². The number of rotatable bonds is 6. The summed E-state index contributed by atoms with van der Waals surface area (Å²) >= 11 is 0. The molecular formula is C14H26N4O. The monoisotopic (exact) mass is 266 g/mol. The van der Waals surface area contributed by atoms with E-state index in [1.807, 2.05) is 20.0 Å². The van der Waals surface area contributed by atoms with Crippen LogP contribution in [-0.2, 0) is 6.42 Å². The first-order valence-electron chi connectivity index (χ1n) is 6.81. The second kappa shape index (κ2) is 6.70. The van der Waals surface area contributed by atoms with Gasteiger partial charge in [-0.25, -0.2) is 9.97 Å². The smallest absolute Gasteiger partial charge is 0.132 e. The Bertz CT molecular complexity index is 379. The van der Waals surface area contributed by atoms with Gasteiger partial charge in [-0.3, -0.25) is 0 Å². The molecule has 0 spiro atoms. The third kappa shape index (κ3) is 5.87. The van der Waals surface area contributed by atoms with Crippen LogP contribution in [0.15, 0.2) is 6.07 Å². The van der Waals surface area contributed by atoms with E-state index in [-0.39, 0.29) is 11.5 Å². The average Bonchev–Trinajstić information content (AvgIpc) is 2.33. The Hall–Kier alpha value is -1.36. The molecule has 0 saturated heterocycles. The van der Waals surface area contributed by atoms with Gasteiger partial charge in [0.25, 0.3) is 0 Å². The summed E-state index contributed by atoms with van der Waals surface area (Å²) in [5.41, 5.74) is 0.123. The van der Waals surface area contributed by atoms with Gasteiger partial charge < -0.3 is 15.7 Å². The normalized spacial score (nSPS) is 13.2. The standard InChI is InChI=1S/C14H26N4O/c1-6-11-17-12(15-5)7-13(18-11)16-9-10(19)8-14(2,3)4/h7,10,19H,6,8-9H2,1-5H3,(H2,15,16,17,18). The van der Waals surface area contributed by atoms with Gasteiger partial charge in [0.05, 0.1) is 6.10 Å². The van der Waals surface area contributed by atoms with E-state index in [4.69, 9.17) is 0 Å². The third-order valence-corrected chi connectivity index (χ3v) is 2.71. The first kappa shape index (κ1) is 15.7. The molecule has 1 aromatic heterocycles. The third-order valence-electron chi connectivity index (χ3n) is 2.71. The van der Waals surface area contributed by atoms with Crippen LogP contribution < -0.4 is 10.6 Å². The maximum Gasteiger partial charge on any atom is 0.132 e. The Morgan fingerprint density at radius 3 is 2.42 bits per heavy atom. The maximum absolute atomic E-state index is 9.98. The van der Waals surface area contributed by atoms with Crippen LogP contribution in [-0.4, -0.2) is 34.8 Å². The molecule has 0 amide bonds. The van der Waals surface area contributed by atoms with Crippen molar-refractivity contribution in [1.29, 1.82) is 0 Å². The summed E-state index contributed by atoms with van der Waals surface area (Å²) in [7, 11) is 1.83. The van der Waals surface area contributed by atoms with Crippen molar-refractivity contribution < 1.29 is 5.11 Å². The maximum atomic E-state index is 9.98. The molecule has 0 saturated carbocycles. The van der Waals surface area contributed by atoms with Gasteiger partial charge >= 0.3 is 0 Å². The number of aromatic nitrogens is 2. The first-order valence-corrected chi connectivity index (χ1v) is 6.81. The zero-order chi connectivity index (χ0) is 14.5. The Labute approximate surface area is 115 Å². The van der Waals surface area contributed by atoms with Gasteiger partial charge in [-0.15, -0.1) is 0 Å². The predicted octanol–water partition coefficient (Wildman–Crippen LogP) is 2.29. The molecular weight excluding hydrogens is 240 g/mol. The van der Waals surface area contributed by atoms with Gasteiger partial charge in [0, 0.05) is 26.1 Å². The molecule has 0 aliphatic rings. The highest BCUT2D eigenvalue weighted by molar-refractivity contribution is 5.47. The zero-order valence-electron chi connectivity index (χ0n) is 12.6. The summed E-state index contributed by atoms with van der Waals surface area (Å²) in [5.74, 6) is 2.34. The predicted molar refractivity (Wildman–Crippen MR) is 79.5 cm³/mol. The molecule has 0 radical (unpaired) electrons. The highest BCUT2D eigenvalue weighted by Crippen LogP contribution is 2.21.